The van der Waals surface area contributed by atoms with E-state index in [1.54, 1.807) is 27.7 Å². The van der Waals surface area contributed by atoms with Crippen molar-refractivity contribution in [1.29, 1.82) is 0 Å². The van der Waals surface area contributed by atoms with Crippen LogP contribution in [0.25, 0.3) is 0 Å². The molecule has 0 radical (unpaired) electrons. The monoisotopic (exact) mass is 573 g/mol. The molecule has 1 heterocycles. The minimum Gasteiger partial charge on any atom is -0.481 e. The smallest absolute Gasteiger partial charge is 0.307 e. The van der Waals surface area contributed by atoms with Gasteiger partial charge in [-0.2, -0.15) is 0 Å². The van der Waals surface area contributed by atoms with Crippen LogP contribution in [-0.2, 0) is 24.0 Å². The van der Waals surface area contributed by atoms with E-state index < -0.39 is 53.3 Å². The van der Waals surface area contributed by atoms with E-state index in [-0.39, 0.29) is 31.3 Å². The van der Waals surface area contributed by atoms with Crippen molar-refractivity contribution in [2.24, 2.45) is 34.1 Å². The number of nitrogens with one attached hydrogen (secondary N) is 2. The number of nitrogens with zero attached hydrogens (tertiary/aromatic N) is 1. The molecule has 4 unspecified atom stereocenters. The summed E-state index contributed by atoms with van der Waals surface area (Å²) in [5.41, 5.74) is -1.12. The highest BCUT2D eigenvalue weighted by molar-refractivity contribution is 8.77. The molecule has 0 aromatic heterocycles. The highest BCUT2D eigenvalue weighted by Gasteiger charge is 2.44. The number of amides is 3. The van der Waals surface area contributed by atoms with Gasteiger partial charge in [0.25, 0.3) is 0 Å². The maximum atomic E-state index is 13.0. The van der Waals surface area contributed by atoms with Crippen molar-refractivity contribution in [3.8, 4) is 0 Å². The van der Waals surface area contributed by atoms with Crippen LogP contribution in [0.2, 0.25) is 0 Å². The van der Waals surface area contributed by atoms with E-state index in [1.165, 1.54) is 12.2 Å². The lowest BCUT2D eigenvalue weighted by Crippen LogP contribution is -2.45. The molecule has 0 bridgehead atoms. The highest BCUT2D eigenvalue weighted by Crippen LogP contribution is 2.41. The molecule has 0 aromatic carbocycles. The number of hydrogen-bond acceptors (Lipinski definition) is 7. The van der Waals surface area contributed by atoms with Crippen molar-refractivity contribution in [3.63, 3.8) is 0 Å². The molecule has 1 aliphatic rings. The molecular weight excluding hydrogens is 530 g/mol. The quantitative estimate of drug-likeness (QED) is 0.109. The second-order valence-corrected chi connectivity index (χ2v) is 13.6. The van der Waals surface area contributed by atoms with Crippen LogP contribution in [0.3, 0.4) is 0 Å². The predicted molar refractivity (Wildman–Crippen MR) is 151 cm³/mol. The van der Waals surface area contributed by atoms with E-state index in [1.807, 2.05) is 21.6 Å². The molecule has 1 aliphatic heterocycles. The SMILES string of the molecule is C=NC(=O)CC(C(=O)O)C(C)(C)CC(C(=O)O)C(C(=O)NCCNC(=O)CCCCC1CCSS1)C(C)C. The zero-order valence-corrected chi connectivity index (χ0v) is 24.5. The van der Waals surface area contributed by atoms with Crippen molar-refractivity contribution in [1.82, 2.24) is 10.6 Å². The van der Waals surface area contributed by atoms with Crippen LogP contribution in [-0.4, -0.2) is 70.7 Å². The summed E-state index contributed by atoms with van der Waals surface area (Å²) in [6.45, 7) is 10.1. The molecule has 10 nitrogen and oxygen atoms in total. The van der Waals surface area contributed by atoms with Gasteiger partial charge in [0.05, 0.1) is 17.8 Å². The van der Waals surface area contributed by atoms with Crippen molar-refractivity contribution < 1.29 is 34.2 Å². The summed E-state index contributed by atoms with van der Waals surface area (Å²) in [6, 6.07) is 0. The molecule has 0 aliphatic carbocycles. The molecular formula is C26H43N3O7S2. The normalized spacial score (nSPS) is 17.9. The maximum Gasteiger partial charge on any atom is 0.307 e. The Balaban J connectivity index is 2.66. The number of hydrogen-bond donors (Lipinski definition) is 4. The molecule has 4 N–H and O–H groups in total. The third-order valence-electron chi connectivity index (χ3n) is 6.97. The Hall–Kier alpha value is -2.08. The summed E-state index contributed by atoms with van der Waals surface area (Å²) in [4.78, 5) is 64.3. The van der Waals surface area contributed by atoms with E-state index >= 15 is 0 Å². The van der Waals surface area contributed by atoms with Crippen LogP contribution < -0.4 is 10.6 Å². The Bertz CT molecular complexity index is 845. The first-order valence-corrected chi connectivity index (χ1v) is 15.5. The Morgan fingerprint density at radius 3 is 2.24 bits per heavy atom. The van der Waals surface area contributed by atoms with Crippen LogP contribution >= 0.6 is 21.6 Å². The fourth-order valence-corrected chi connectivity index (χ4v) is 7.81. The number of carboxylic acid groups (broad SMARTS) is 2. The van der Waals surface area contributed by atoms with Gasteiger partial charge in [-0.25, -0.2) is 4.99 Å². The molecule has 0 saturated carbocycles. The number of aliphatic imine (C=N–C) groups is 1. The van der Waals surface area contributed by atoms with Crippen molar-refractivity contribution in [2.45, 2.75) is 77.9 Å². The van der Waals surface area contributed by atoms with E-state index in [0.29, 0.717) is 11.7 Å². The Morgan fingerprint density at radius 1 is 1.05 bits per heavy atom. The lowest BCUT2D eigenvalue weighted by atomic mass is 9.67. The maximum absolute atomic E-state index is 13.0. The van der Waals surface area contributed by atoms with Crippen molar-refractivity contribution in [3.05, 3.63) is 0 Å². The average Bonchev–Trinajstić information content (AvgIpc) is 3.35. The molecule has 1 fully saturated rings. The summed E-state index contributed by atoms with van der Waals surface area (Å²) >= 11 is 0. The van der Waals surface area contributed by atoms with E-state index in [2.05, 4.69) is 22.3 Å². The van der Waals surface area contributed by atoms with Gasteiger partial charge in [0.2, 0.25) is 17.7 Å². The number of aliphatic carboxylic acids is 2. The first-order valence-electron chi connectivity index (χ1n) is 13.1. The van der Waals surface area contributed by atoms with E-state index in [4.69, 9.17) is 0 Å². The number of carboxylic acids is 2. The fraction of sp³-hybridized carbons (Fsp3) is 0.769. The van der Waals surface area contributed by atoms with Gasteiger partial charge in [0.15, 0.2) is 0 Å². The molecule has 216 valence electrons. The Labute approximate surface area is 233 Å². The number of carbonyl (C=O) groups excluding carboxylic acids is 3. The fourth-order valence-electron chi connectivity index (χ4n) is 4.78. The second kappa shape index (κ2) is 16.8. The summed E-state index contributed by atoms with van der Waals surface area (Å²) in [5.74, 6) is -6.16. The highest BCUT2D eigenvalue weighted by atomic mass is 33.1. The zero-order chi connectivity index (χ0) is 28.9. The Morgan fingerprint density at radius 2 is 1.71 bits per heavy atom. The molecule has 3 amide bonds. The number of unbranched alkanes of at least 4 members (excludes halogenated alkanes) is 1. The van der Waals surface area contributed by atoms with Crippen LogP contribution in [0.5, 0.6) is 0 Å². The third kappa shape index (κ3) is 11.8. The number of carbonyl (C=O) groups is 5. The molecule has 0 aromatic rings. The lowest BCUT2D eigenvalue weighted by Gasteiger charge is -2.36. The molecule has 38 heavy (non-hydrogen) atoms. The summed E-state index contributed by atoms with van der Waals surface area (Å²) in [5, 5.41) is 25.9. The van der Waals surface area contributed by atoms with Crippen LogP contribution in [0.4, 0.5) is 0 Å². The predicted octanol–water partition coefficient (Wildman–Crippen LogP) is 3.64. The third-order valence-corrected chi connectivity index (χ3v) is 9.97. The van der Waals surface area contributed by atoms with Gasteiger partial charge in [-0.15, -0.1) is 0 Å². The van der Waals surface area contributed by atoms with Crippen LogP contribution in [0.15, 0.2) is 4.99 Å². The second-order valence-electron chi connectivity index (χ2n) is 10.8. The molecule has 1 saturated heterocycles. The van der Waals surface area contributed by atoms with Gasteiger partial charge < -0.3 is 20.8 Å². The standard InChI is InChI=1S/C26H43N3O7S2/c1-16(2)22(18(24(33)34)15-26(3,4)19(25(35)36)14-21(31)27-5)23(32)29-12-11-28-20(30)9-7-6-8-17-10-13-37-38-17/h16-19,22H,5-15H2,1-4H3,(H,28,30)(H,29,32)(H,33,34)(H,35,36). The van der Waals surface area contributed by atoms with Gasteiger partial charge in [-0.1, -0.05) is 55.7 Å². The van der Waals surface area contributed by atoms with Gasteiger partial charge >= 0.3 is 11.9 Å². The van der Waals surface area contributed by atoms with Crippen LogP contribution in [0.1, 0.15) is 72.6 Å². The largest absolute Gasteiger partial charge is 0.481 e. The average molecular weight is 574 g/mol. The summed E-state index contributed by atoms with van der Waals surface area (Å²) < 4.78 is 0. The summed E-state index contributed by atoms with van der Waals surface area (Å²) in [7, 11) is 3.84. The topological polar surface area (TPSA) is 162 Å². The first kappa shape index (κ1) is 33.9. The van der Waals surface area contributed by atoms with Crippen molar-refractivity contribution >= 4 is 58.0 Å². The van der Waals surface area contributed by atoms with Crippen molar-refractivity contribution in [2.75, 3.05) is 18.8 Å². The zero-order valence-electron chi connectivity index (χ0n) is 22.9. The Kier molecular flexibility index (Phi) is 15.0. The van der Waals surface area contributed by atoms with Crippen LogP contribution in [0, 0.1) is 29.1 Å². The number of rotatable bonds is 18. The van der Waals surface area contributed by atoms with Gasteiger partial charge in [-0.05, 0) is 43.7 Å². The molecule has 1 rings (SSSR count). The molecule has 4 atom stereocenters. The van der Waals surface area contributed by atoms with E-state index in [0.717, 1.165) is 19.3 Å². The molecule has 12 heteroatoms. The van der Waals surface area contributed by atoms with Gasteiger partial charge in [0, 0.05) is 36.9 Å². The summed E-state index contributed by atoms with van der Waals surface area (Å²) in [6.07, 6.45) is 4.06. The minimum absolute atomic E-state index is 0.0819. The molecule has 0 spiro atoms. The van der Waals surface area contributed by atoms with Gasteiger partial charge in [-0.3, -0.25) is 24.0 Å². The van der Waals surface area contributed by atoms with Gasteiger partial charge in [0.1, 0.15) is 0 Å². The lowest BCUT2D eigenvalue weighted by molar-refractivity contribution is -0.154. The first-order chi connectivity index (χ1) is 17.8. The van der Waals surface area contributed by atoms with E-state index in [9.17, 15) is 34.2 Å². The minimum atomic E-state index is -1.24.